The number of pyridine rings is 1. The first-order chi connectivity index (χ1) is 11.1. The van der Waals surface area contributed by atoms with Gasteiger partial charge in [-0.05, 0) is 26.5 Å². The highest BCUT2D eigenvalue weighted by Crippen LogP contribution is 2.24. The molecule has 0 aliphatic rings. The second-order valence-electron chi connectivity index (χ2n) is 5.39. The van der Waals surface area contributed by atoms with Crippen LogP contribution in [0.2, 0.25) is 5.02 Å². The first-order valence-corrected chi connectivity index (χ1v) is 7.89. The van der Waals surface area contributed by atoms with Gasteiger partial charge in [0.2, 0.25) is 5.88 Å². The van der Waals surface area contributed by atoms with Gasteiger partial charge in [0, 0.05) is 25.3 Å². The van der Waals surface area contributed by atoms with Crippen molar-refractivity contribution in [1.82, 2.24) is 15.2 Å². The summed E-state index contributed by atoms with van der Waals surface area (Å²) in [6, 6.07) is 1.60. The van der Waals surface area contributed by atoms with Crippen molar-refractivity contribution in [2.75, 3.05) is 26.2 Å². The summed E-state index contributed by atoms with van der Waals surface area (Å²) in [6.45, 7) is 6.66. The Bertz CT molecular complexity index is 553. The van der Waals surface area contributed by atoms with Crippen LogP contribution in [0.3, 0.4) is 0 Å². The highest BCUT2D eigenvalue weighted by atomic mass is 35.5. The summed E-state index contributed by atoms with van der Waals surface area (Å²) < 4.78 is 40.8. The minimum Gasteiger partial charge on any atom is -0.467 e. The molecule has 24 heavy (non-hydrogen) atoms. The summed E-state index contributed by atoms with van der Waals surface area (Å²) in [6.07, 6.45) is -3.35. The van der Waals surface area contributed by atoms with Gasteiger partial charge >= 0.3 is 6.18 Å². The first kappa shape index (κ1) is 20.5. The molecule has 1 N–H and O–H groups in total. The number of alkyl halides is 3. The summed E-state index contributed by atoms with van der Waals surface area (Å²) in [5.74, 6) is -0.755. The quantitative estimate of drug-likeness (QED) is 0.767. The molecule has 1 heterocycles. The SMILES string of the molecule is CCN(CCNC(=O)c1cnc(OCC(F)(F)F)c(Cl)c1)C(C)C. The minimum absolute atomic E-state index is 0.149. The number of hydrogen-bond acceptors (Lipinski definition) is 4. The van der Waals surface area contributed by atoms with Crippen molar-refractivity contribution in [3.63, 3.8) is 0 Å². The number of nitrogens with zero attached hydrogens (tertiary/aromatic N) is 2. The minimum atomic E-state index is -4.48. The van der Waals surface area contributed by atoms with Crippen LogP contribution in [-0.4, -0.2) is 54.3 Å². The third-order valence-electron chi connectivity index (χ3n) is 3.26. The number of hydrogen-bond donors (Lipinski definition) is 1. The van der Waals surface area contributed by atoms with Gasteiger partial charge in [-0.25, -0.2) is 4.98 Å². The molecule has 1 rings (SSSR count). The molecule has 0 radical (unpaired) electrons. The van der Waals surface area contributed by atoms with Crippen molar-refractivity contribution >= 4 is 17.5 Å². The summed E-state index contributed by atoms with van der Waals surface area (Å²) in [5.41, 5.74) is 0.159. The number of carbonyl (C=O) groups is 1. The van der Waals surface area contributed by atoms with E-state index in [4.69, 9.17) is 11.6 Å². The van der Waals surface area contributed by atoms with E-state index in [1.54, 1.807) is 0 Å². The molecule has 0 saturated heterocycles. The van der Waals surface area contributed by atoms with Gasteiger partial charge in [0.05, 0.1) is 5.56 Å². The number of nitrogens with one attached hydrogen (secondary N) is 1. The van der Waals surface area contributed by atoms with Crippen LogP contribution in [0.25, 0.3) is 0 Å². The Balaban J connectivity index is 2.58. The van der Waals surface area contributed by atoms with Gasteiger partial charge in [-0.3, -0.25) is 9.69 Å². The number of ether oxygens (including phenoxy) is 1. The summed E-state index contributed by atoms with van der Waals surface area (Å²) >= 11 is 5.81. The average molecular weight is 368 g/mol. The monoisotopic (exact) mass is 367 g/mol. The fourth-order valence-corrected chi connectivity index (χ4v) is 2.22. The molecule has 9 heteroatoms. The van der Waals surface area contributed by atoms with E-state index in [0.29, 0.717) is 19.1 Å². The zero-order valence-corrected chi connectivity index (χ0v) is 14.5. The Kier molecular flexibility index (Phi) is 7.75. The molecule has 5 nitrogen and oxygen atoms in total. The average Bonchev–Trinajstić information content (AvgIpc) is 2.48. The third-order valence-corrected chi connectivity index (χ3v) is 3.53. The fourth-order valence-electron chi connectivity index (χ4n) is 2.00. The normalized spacial score (nSPS) is 11.9. The molecule has 0 atom stereocenters. The van der Waals surface area contributed by atoms with E-state index in [-0.39, 0.29) is 16.5 Å². The van der Waals surface area contributed by atoms with Crippen LogP contribution in [0.5, 0.6) is 5.88 Å². The Morgan fingerprint density at radius 3 is 2.62 bits per heavy atom. The molecule has 1 amide bonds. The van der Waals surface area contributed by atoms with Crippen molar-refractivity contribution in [3.05, 3.63) is 22.8 Å². The maximum Gasteiger partial charge on any atom is 0.422 e. The molecule has 0 saturated carbocycles. The smallest absolute Gasteiger partial charge is 0.422 e. The highest BCUT2D eigenvalue weighted by molar-refractivity contribution is 6.32. The lowest BCUT2D eigenvalue weighted by molar-refractivity contribution is -0.154. The first-order valence-electron chi connectivity index (χ1n) is 7.51. The number of halogens is 4. The van der Waals surface area contributed by atoms with Crippen molar-refractivity contribution in [1.29, 1.82) is 0 Å². The van der Waals surface area contributed by atoms with Crippen LogP contribution in [0, 0.1) is 0 Å². The second-order valence-corrected chi connectivity index (χ2v) is 5.80. The van der Waals surface area contributed by atoms with Gasteiger partial charge in [-0.1, -0.05) is 18.5 Å². The van der Waals surface area contributed by atoms with E-state index in [1.807, 2.05) is 6.92 Å². The number of aromatic nitrogens is 1. The largest absolute Gasteiger partial charge is 0.467 e. The Morgan fingerprint density at radius 2 is 2.12 bits per heavy atom. The Hall–Kier alpha value is -1.54. The second kappa shape index (κ2) is 9.08. The molecule has 0 aromatic carbocycles. The molecular formula is C15H21ClF3N3O2. The van der Waals surface area contributed by atoms with Crippen LogP contribution in [0.15, 0.2) is 12.3 Å². The van der Waals surface area contributed by atoms with E-state index in [9.17, 15) is 18.0 Å². The van der Waals surface area contributed by atoms with Crippen LogP contribution >= 0.6 is 11.6 Å². The van der Waals surface area contributed by atoms with Crippen LogP contribution < -0.4 is 10.1 Å². The number of carbonyl (C=O) groups excluding carboxylic acids is 1. The predicted octanol–water partition coefficient (Wildman–Crippen LogP) is 3.14. The van der Waals surface area contributed by atoms with Crippen LogP contribution in [0.1, 0.15) is 31.1 Å². The molecule has 0 aliphatic carbocycles. The number of amides is 1. The molecule has 0 aliphatic heterocycles. The molecule has 0 fully saturated rings. The molecule has 0 spiro atoms. The van der Waals surface area contributed by atoms with Gasteiger partial charge in [0.15, 0.2) is 6.61 Å². The van der Waals surface area contributed by atoms with Gasteiger partial charge in [-0.15, -0.1) is 0 Å². The van der Waals surface area contributed by atoms with Gasteiger partial charge in [0.25, 0.3) is 5.91 Å². The highest BCUT2D eigenvalue weighted by Gasteiger charge is 2.29. The lowest BCUT2D eigenvalue weighted by atomic mass is 10.2. The van der Waals surface area contributed by atoms with E-state index >= 15 is 0 Å². The Labute approximate surface area is 144 Å². The van der Waals surface area contributed by atoms with Crippen molar-refractivity contribution in [3.8, 4) is 5.88 Å². The summed E-state index contributed by atoms with van der Waals surface area (Å²) in [4.78, 5) is 17.9. The fraction of sp³-hybridized carbons (Fsp3) is 0.600. The third kappa shape index (κ3) is 6.92. The van der Waals surface area contributed by atoms with E-state index < -0.39 is 18.7 Å². The molecule has 0 bridgehead atoms. The van der Waals surface area contributed by atoms with E-state index in [1.165, 1.54) is 6.07 Å². The Morgan fingerprint density at radius 1 is 1.46 bits per heavy atom. The molecule has 136 valence electrons. The van der Waals surface area contributed by atoms with Gasteiger partial charge in [0.1, 0.15) is 5.02 Å². The maximum atomic E-state index is 12.1. The van der Waals surface area contributed by atoms with E-state index in [2.05, 4.69) is 33.8 Å². The molecular weight excluding hydrogens is 347 g/mol. The molecule has 0 unspecified atom stereocenters. The van der Waals surface area contributed by atoms with Gasteiger partial charge < -0.3 is 10.1 Å². The molecule has 1 aromatic heterocycles. The summed E-state index contributed by atoms with van der Waals surface area (Å²) in [5, 5.41) is 2.57. The molecule has 1 aromatic rings. The predicted molar refractivity (Wildman–Crippen MR) is 85.5 cm³/mol. The summed E-state index contributed by atoms with van der Waals surface area (Å²) in [7, 11) is 0. The standard InChI is InChI=1S/C15H21ClF3N3O2/c1-4-22(10(2)3)6-5-20-13(23)11-7-12(16)14(21-8-11)24-9-15(17,18)19/h7-8,10H,4-6,9H2,1-3H3,(H,20,23). The number of rotatable bonds is 8. The zero-order chi connectivity index (χ0) is 18.3. The van der Waals surface area contributed by atoms with Crippen molar-refractivity contribution < 1.29 is 22.7 Å². The lowest BCUT2D eigenvalue weighted by Gasteiger charge is -2.24. The topological polar surface area (TPSA) is 54.5 Å². The van der Waals surface area contributed by atoms with Crippen molar-refractivity contribution in [2.45, 2.75) is 33.0 Å². The van der Waals surface area contributed by atoms with Crippen molar-refractivity contribution in [2.24, 2.45) is 0 Å². The van der Waals surface area contributed by atoms with Crippen LogP contribution in [-0.2, 0) is 0 Å². The lowest BCUT2D eigenvalue weighted by Crippen LogP contribution is -2.38. The van der Waals surface area contributed by atoms with E-state index in [0.717, 1.165) is 12.7 Å². The maximum absolute atomic E-state index is 12.1. The van der Waals surface area contributed by atoms with Gasteiger partial charge in [-0.2, -0.15) is 13.2 Å². The van der Waals surface area contributed by atoms with Crippen LogP contribution in [0.4, 0.5) is 13.2 Å². The number of likely N-dealkylation sites (N-methyl/N-ethyl adjacent to an activating group) is 1. The zero-order valence-electron chi connectivity index (χ0n) is 13.8.